The molecule has 2 atom stereocenters. The minimum atomic E-state index is -3.61. The highest BCUT2D eigenvalue weighted by atomic mass is 35.5. The zero-order valence-electron chi connectivity index (χ0n) is 16.7. The third-order valence-corrected chi connectivity index (χ3v) is 7.72. The number of rotatable bonds is 5. The second kappa shape index (κ2) is 9.09. The van der Waals surface area contributed by atoms with Crippen LogP contribution in [0.4, 0.5) is 0 Å². The Balaban J connectivity index is 1.40. The number of furan rings is 1. The molecule has 0 bridgehead atoms. The largest absolute Gasteiger partial charge is 0.459 e. The van der Waals surface area contributed by atoms with Gasteiger partial charge in [0.15, 0.2) is 5.76 Å². The smallest absolute Gasteiger partial charge is 0.289 e. The van der Waals surface area contributed by atoms with Gasteiger partial charge in [0.1, 0.15) is 0 Å². The van der Waals surface area contributed by atoms with Crippen LogP contribution in [0.1, 0.15) is 36.2 Å². The molecule has 1 aromatic carbocycles. The molecule has 2 aromatic rings. The first-order chi connectivity index (χ1) is 14.4. The number of hydrogen-bond acceptors (Lipinski definition) is 5. The number of hydrogen-bond donors (Lipinski definition) is 1. The van der Waals surface area contributed by atoms with Crippen LogP contribution >= 0.6 is 11.6 Å². The molecule has 2 heterocycles. The lowest BCUT2D eigenvalue weighted by Crippen LogP contribution is -2.58. The highest BCUT2D eigenvalue weighted by Gasteiger charge is 2.35. The fourth-order valence-corrected chi connectivity index (χ4v) is 5.81. The van der Waals surface area contributed by atoms with Crippen LogP contribution in [0.15, 0.2) is 52.0 Å². The van der Waals surface area contributed by atoms with E-state index < -0.39 is 10.0 Å². The Morgan fingerprint density at radius 3 is 2.40 bits per heavy atom. The maximum absolute atomic E-state index is 12.9. The van der Waals surface area contributed by atoms with Gasteiger partial charge in [-0.05, 0) is 49.2 Å². The van der Waals surface area contributed by atoms with Crippen LogP contribution in [-0.2, 0) is 10.0 Å². The molecule has 0 radical (unpaired) electrons. The molecule has 1 N–H and O–H groups in total. The summed E-state index contributed by atoms with van der Waals surface area (Å²) in [4.78, 5) is 16.8. The van der Waals surface area contributed by atoms with E-state index in [1.165, 1.54) is 18.4 Å². The van der Waals surface area contributed by atoms with Crippen molar-refractivity contribution in [2.45, 2.75) is 42.7 Å². The van der Waals surface area contributed by atoms with E-state index in [9.17, 15) is 13.2 Å². The highest BCUT2D eigenvalue weighted by molar-refractivity contribution is 7.89. The van der Waals surface area contributed by atoms with E-state index in [2.05, 4.69) is 9.62 Å². The van der Waals surface area contributed by atoms with E-state index in [-0.39, 0.29) is 22.9 Å². The molecule has 2 fully saturated rings. The zero-order valence-corrected chi connectivity index (χ0v) is 18.2. The quantitative estimate of drug-likeness (QED) is 0.755. The van der Waals surface area contributed by atoms with Crippen LogP contribution < -0.4 is 4.72 Å². The Morgan fingerprint density at radius 2 is 1.73 bits per heavy atom. The molecule has 1 aromatic heterocycles. The molecule has 0 spiro atoms. The lowest BCUT2D eigenvalue weighted by Gasteiger charge is -2.44. The number of sulfonamides is 1. The van der Waals surface area contributed by atoms with E-state index in [0.29, 0.717) is 23.9 Å². The minimum Gasteiger partial charge on any atom is -0.459 e. The summed E-state index contributed by atoms with van der Waals surface area (Å²) < 4.78 is 33.9. The number of amides is 1. The van der Waals surface area contributed by atoms with Crippen molar-refractivity contribution in [1.82, 2.24) is 14.5 Å². The second-order valence-corrected chi connectivity index (χ2v) is 9.99. The van der Waals surface area contributed by atoms with Gasteiger partial charge >= 0.3 is 0 Å². The van der Waals surface area contributed by atoms with Crippen molar-refractivity contribution in [3.8, 4) is 0 Å². The number of carbonyl (C=O) groups excluding carboxylic acids is 1. The summed E-state index contributed by atoms with van der Waals surface area (Å²) in [5.74, 6) is 0.262. The van der Waals surface area contributed by atoms with Crippen molar-refractivity contribution < 1.29 is 17.6 Å². The predicted octanol–water partition coefficient (Wildman–Crippen LogP) is 2.98. The second-order valence-electron chi connectivity index (χ2n) is 7.84. The van der Waals surface area contributed by atoms with Crippen LogP contribution in [0.5, 0.6) is 0 Å². The third kappa shape index (κ3) is 4.72. The number of benzene rings is 1. The molecule has 9 heteroatoms. The van der Waals surface area contributed by atoms with Crippen LogP contribution in [0.2, 0.25) is 5.02 Å². The fraction of sp³-hybridized carbons (Fsp3) is 0.476. The van der Waals surface area contributed by atoms with Crippen LogP contribution in [-0.4, -0.2) is 62.4 Å². The maximum atomic E-state index is 12.9. The van der Waals surface area contributed by atoms with Crippen LogP contribution in [0, 0.1) is 0 Å². The average Bonchev–Trinajstić information content (AvgIpc) is 3.29. The van der Waals surface area contributed by atoms with Crippen molar-refractivity contribution in [3.05, 3.63) is 53.4 Å². The molecule has 0 unspecified atom stereocenters. The maximum Gasteiger partial charge on any atom is 0.289 e. The normalized spacial score (nSPS) is 23.4. The third-order valence-electron chi connectivity index (χ3n) is 5.96. The molecule has 1 saturated carbocycles. The lowest BCUT2D eigenvalue weighted by molar-refractivity contribution is 0.0455. The Labute approximate surface area is 182 Å². The first kappa shape index (κ1) is 21.4. The number of carbonyl (C=O) groups is 1. The Hall–Kier alpha value is -1.87. The monoisotopic (exact) mass is 451 g/mol. The number of nitrogens with zero attached hydrogens (tertiary/aromatic N) is 2. The molecule has 1 aliphatic heterocycles. The first-order valence-corrected chi connectivity index (χ1v) is 12.1. The van der Waals surface area contributed by atoms with Crippen molar-refractivity contribution in [1.29, 1.82) is 0 Å². The van der Waals surface area contributed by atoms with Crippen LogP contribution in [0.25, 0.3) is 0 Å². The number of halogens is 1. The Kier molecular flexibility index (Phi) is 6.48. The summed E-state index contributed by atoms with van der Waals surface area (Å²) in [6, 6.07) is 9.60. The van der Waals surface area contributed by atoms with Crippen LogP contribution in [0.3, 0.4) is 0 Å². The minimum absolute atomic E-state index is 0.0942. The molecule has 2 aliphatic rings. The van der Waals surface area contributed by atoms with Crippen molar-refractivity contribution >= 4 is 27.5 Å². The van der Waals surface area contributed by atoms with E-state index in [0.717, 1.165) is 38.8 Å². The molecule has 4 rings (SSSR count). The lowest BCUT2D eigenvalue weighted by atomic mass is 9.89. The van der Waals surface area contributed by atoms with Gasteiger partial charge in [0.25, 0.3) is 5.91 Å². The number of nitrogens with one attached hydrogen (secondary N) is 1. The first-order valence-electron chi connectivity index (χ1n) is 10.3. The zero-order chi connectivity index (χ0) is 21.1. The molecule has 1 saturated heterocycles. The van der Waals surface area contributed by atoms with E-state index in [1.807, 2.05) is 0 Å². The van der Waals surface area contributed by atoms with Gasteiger partial charge in [-0.25, -0.2) is 13.1 Å². The summed E-state index contributed by atoms with van der Waals surface area (Å²) in [6.07, 6.45) is 5.34. The molecule has 1 amide bonds. The standard InChI is InChI=1S/C21H26ClN3O4S/c22-16-7-9-17(10-8-16)30(27,28)23-18-4-1-2-5-19(18)24-11-13-25(14-12-24)21(26)20-6-3-15-29-20/h3,6-10,15,18-19,23H,1-2,4-5,11-14H2/t18-,19+/m0/s1. The van der Waals surface area contributed by atoms with Crippen molar-refractivity contribution in [2.24, 2.45) is 0 Å². The summed E-state index contributed by atoms with van der Waals surface area (Å²) in [5.41, 5.74) is 0. The van der Waals surface area contributed by atoms with Gasteiger partial charge in [0.05, 0.1) is 11.2 Å². The highest BCUT2D eigenvalue weighted by Crippen LogP contribution is 2.26. The molecule has 162 valence electrons. The molecule has 7 nitrogen and oxygen atoms in total. The topological polar surface area (TPSA) is 82.9 Å². The summed E-state index contributed by atoms with van der Waals surface area (Å²) >= 11 is 5.89. The Morgan fingerprint density at radius 1 is 1.03 bits per heavy atom. The Bertz CT molecular complexity index is 955. The van der Waals surface area contributed by atoms with Gasteiger partial charge < -0.3 is 9.32 Å². The predicted molar refractivity (Wildman–Crippen MR) is 114 cm³/mol. The van der Waals surface area contributed by atoms with Gasteiger partial charge in [-0.3, -0.25) is 9.69 Å². The van der Waals surface area contributed by atoms with E-state index >= 15 is 0 Å². The molecular weight excluding hydrogens is 426 g/mol. The van der Waals surface area contributed by atoms with E-state index in [4.69, 9.17) is 16.0 Å². The molecule has 1 aliphatic carbocycles. The molecular formula is C21H26ClN3O4S. The van der Waals surface area contributed by atoms with Crippen molar-refractivity contribution in [2.75, 3.05) is 26.2 Å². The summed E-state index contributed by atoms with van der Waals surface area (Å²) in [5, 5.41) is 0.506. The fourth-order valence-electron chi connectivity index (χ4n) is 4.38. The SMILES string of the molecule is O=C(c1ccco1)N1CCN([C@@H]2CCCC[C@@H]2NS(=O)(=O)c2ccc(Cl)cc2)CC1. The average molecular weight is 452 g/mol. The van der Waals surface area contributed by atoms with Crippen molar-refractivity contribution in [3.63, 3.8) is 0 Å². The van der Waals surface area contributed by atoms with E-state index in [1.54, 1.807) is 29.2 Å². The summed E-state index contributed by atoms with van der Waals surface area (Å²) in [7, 11) is -3.61. The van der Waals surface area contributed by atoms with Gasteiger partial charge in [-0.2, -0.15) is 0 Å². The van der Waals surface area contributed by atoms with Gasteiger partial charge in [-0.15, -0.1) is 0 Å². The summed E-state index contributed by atoms with van der Waals surface area (Å²) in [6.45, 7) is 2.64. The van der Waals surface area contributed by atoms with Gasteiger partial charge in [0, 0.05) is 43.3 Å². The van der Waals surface area contributed by atoms with Gasteiger partial charge in [0.2, 0.25) is 10.0 Å². The molecule has 30 heavy (non-hydrogen) atoms. The number of piperazine rings is 1. The van der Waals surface area contributed by atoms with Gasteiger partial charge in [-0.1, -0.05) is 24.4 Å².